The normalized spacial score (nSPS) is 17.7. The fourth-order valence-electron chi connectivity index (χ4n) is 2.12. The summed E-state index contributed by atoms with van der Waals surface area (Å²) in [6.07, 6.45) is 6.04. The van der Waals surface area contributed by atoms with Crippen molar-refractivity contribution in [1.29, 1.82) is 0 Å². The number of aliphatic carboxylic acids is 1. The topological polar surface area (TPSA) is 55.1 Å². The lowest BCUT2D eigenvalue weighted by Gasteiger charge is -2.09. The molecule has 16 heavy (non-hydrogen) atoms. The Morgan fingerprint density at radius 2 is 2.31 bits per heavy atom. The van der Waals surface area contributed by atoms with Crippen LogP contribution in [0.25, 0.3) is 0 Å². The first-order valence-corrected chi connectivity index (χ1v) is 5.76. The second-order valence-corrected chi connectivity index (χ2v) is 5.20. The molecule has 4 heteroatoms. The summed E-state index contributed by atoms with van der Waals surface area (Å²) in [5.74, 6) is -0.156. The molecular weight excluding hydrogens is 204 g/mol. The van der Waals surface area contributed by atoms with Gasteiger partial charge in [0.25, 0.3) is 0 Å². The largest absolute Gasteiger partial charge is 0.481 e. The predicted molar refractivity (Wildman–Crippen MR) is 60.2 cm³/mol. The fraction of sp³-hybridized carbons (Fsp3) is 0.667. The number of nitrogens with zero attached hydrogens (tertiary/aromatic N) is 2. The van der Waals surface area contributed by atoms with E-state index in [4.69, 9.17) is 5.11 Å². The van der Waals surface area contributed by atoms with Crippen molar-refractivity contribution in [3.63, 3.8) is 0 Å². The van der Waals surface area contributed by atoms with Gasteiger partial charge in [0, 0.05) is 18.2 Å². The van der Waals surface area contributed by atoms with E-state index in [0.29, 0.717) is 5.92 Å². The fourth-order valence-corrected chi connectivity index (χ4v) is 2.12. The molecular formula is C12H18N2O2. The Bertz CT molecular complexity index is 391. The molecule has 1 aliphatic rings. The molecule has 0 radical (unpaired) electrons. The first-order chi connectivity index (χ1) is 7.52. The second kappa shape index (κ2) is 3.92. The smallest absolute Gasteiger partial charge is 0.304 e. The van der Waals surface area contributed by atoms with E-state index in [0.717, 1.165) is 24.9 Å². The van der Waals surface area contributed by atoms with E-state index >= 15 is 0 Å². The van der Waals surface area contributed by atoms with Gasteiger partial charge in [-0.2, -0.15) is 5.10 Å². The van der Waals surface area contributed by atoms with E-state index < -0.39 is 5.97 Å². The highest BCUT2D eigenvalue weighted by Crippen LogP contribution is 2.50. The van der Waals surface area contributed by atoms with E-state index in [2.05, 4.69) is 18.9 Å². The number of hydrogen-bond donors (Lipinski definition) is 1. The molecule has 0 saturated heterocycles. The summed E-state index contributed by atoms with van der Waals surface area (Å²) in [5, 5.41) is 13.2. The molecule has 0 aromatic carbocycles. The Kier molecular flexibility index (Phi) is 2.74. The van der Waals surface area contributed by atoms with Gasteiger partial charge in [-0.05, 0) is 24.3 Å². The molecule has 1 aromatic heterocycles. The molecule has 0 spiro atoms. The number of carbonyl (C=O) groups is 1. The Morgan fingerprint density at radius 3 is 2.81 bits per heavy atom. The molecule has 0 unspecified atom stereocenters. The summed E-state index contributed by atoms with van der Waals surface area (Å²) in [7, 11) is 0. The van der Waals surface area contributed by atoms with E-state index in [1.54, 1.807) is 0 Å². The van der Waals surface area contributed by atoms with Crippen LogP contribution in [0.5, 0.6) is 0 Å². The van der Waals surface area contributed by atoms with Crippen LogP contribution in [0.3, 0.4) is 0 Å². The van der Waals surface area contributed by atoms with Gasteiger partial charge in [0.1, 0.15) is 0 Å². The number of rotatable bonds is 5. The van der Waals surface area contributed by atoms with E-state index in [1.807, 2.05) is 17.1 Å². The van der Waals surface area contributed by atoms with E-state index in [-0.39, 0.29) is 11.8 Å². The first-order valence-electron chi connectivity index (χ1n) is 5.76. The van der Waals surface area contributed by atoms with Crippen molar-refractivity contribution in [1.82, 2.24) is 9.78 Å². The molecule has 4 nitrogen and oxygen atoms in total. The highest BCUT2D eigenvalue weighted by Gasteiger charge is 2.46. The van der Waals surface area contributed by atoms with Crippen LogP contribution in [0, 0.1) is 5.92 Å². The summed E-state index contributed by atoms with van der Waals surface area (Å²) in [6, 6.07) is 0. The Morgan fingerprint density at radius 1 is 1.62 bits per heavy atom. The first kappa shape index (κ1) is 11.2. The number of hydrogen-bond acceptors (Lipinski definition) is 2. The van der Waals surface area contributed by atoms with Gasteiger partial charge in [0.2, 0.25) is 0 Å². The maximum absolute atomic E-state index is 10.8. The summed E-state index contributed by atoms with van der Waals surface area (Å²) in [5.41, 5.74) is 0.983. The lowest BCUT2D eigenvalue weighted by atomic mass is 9.96. The van der Waals surface area contributed by atoms with Gasteiger partial charge in [-0.3, -0.25) is 9.48 Å². The standard InChI is InChI=1S/C12H18N2O2/c1-9(2)7-14-8-10(6-13-14)12(3-4-12)5-11(15)16/h6,8-9H,3-5,7H2,1-2H3,(H,15,16). The number of carboxylic acids is 1. The van der Waals surface area contributed by atoms with Crippen LogP contribution < -0.4 is 0 Å². The maximum Gasteiger partial charge on any atom is 0.304 e. The van der Waals surface area contributed by atoms with Crippen molar-refractivity contribution in [3.8, 4) is 0 Å². The minimum absolute atomic E-state index is 0.110. The third kappa shape index (κ3) is 2.26. The maximum atomic E-state index is 10.8. The SMILES string of the molecule is CC(C)Cn1cc(C2(CC(=O)O)CC2)cn1. The van der Waals surface area contributed by atoms with Crippen LogP contribution in [0.1, 0.15) is 38.7 Å². The summed E-state index contributed by atoms with van der Waals surface area (Å²) < 4.78 is 1.92. The Labute approximate surface area is 95.3 Å². The molecule has 1 N–H and O–H groups in total. The lowest BCUT2D eigenvalue weighted by Crippen LogP contribution is -2.12. The van der Waals surface area contributed by atoms with Crippen molar-refractivity contribution in [2.75, 3.05) is 0 Å². The van der Waals surface area contributed by atoms with Crippen LogP contribution in [0.15, 0.2) is 12.4 Å². The number of carboxylic acid groups (broad SMARTS) is 1. The molecule has 1 saturated carbocycles. The van der Waals surface area contributed by atoms with E-state index in [9.17, 15) is 4.79 Å². The summed E-state index contributed by atoms with van der Waals surface area (Å²) >= 11 is 0. The zero-order valence-corrected chi connectivity index (χ0v) is 9.81. The number of aromatic nitrogens is 2. The summed E-state index contributed by atoms with van der Waals surface area (Å²) in [6.45, 7) is 5.18. The van der Waals surface area contributed by atoms with Crippen molar-refractivity contribution < 1.29 is 9.90 Å². The highest BCUT2D eigenvalue weighted by atomic mass is 16.4. The molecule has 2 rings (SSSR count). The van der Waals surface area contributed by atoms with Gasteiger partial charge in [0.15, 0.2) is 0 Å². The molecule has 0 aliphatic heterocycles. The van der Waals surface area contributed by atoms with E-state index in [1.165, 1.54) is 0 Å². The molecule has 0 atom stereocenters. The van der Waals surface area contributed by atoms with Crippen LogP contribution in [0.2, 0.25) is 0 Å². The van der Waals surface area contributed by atoms with Crippen LogP contribution >= 0.6 is 0 Å². The molecule has 1 fully saturated rings. The molecule has 1 heterocycles. The molecule has 88 valence electrons. The average Bonchev–Trinajstić information content (AvgIpc) is 2.75. The van der Waals surface area contributed by atoms with Gasteiger partial charge in [0.05, 0.1) is 12.6 Å². The third-order valence-corrected chi connectivity index (χ3v) is 3.14. The average molecular weight is 222 g/mol. The van der Waals surface area contributed by atoms with Gasteiger partial charge in [-0.15, -0.1) is 0 Å². The van der Waals surface area contributed by atoms with Crippen LogP contribution in [-0.4, -0.2) is 20.9 Å². The minimum Gasteiger partial charge on any atom is -0.481 e. The van der Waals surface area contributed by atoms with Crippen molar-refractivity contribution in [3.05, 3.63) is 18.0 Å². The van der Waals surface area contributed by atoms with Gasteiger partial charge in [-0.1, -0.05) is 13.8 Å². The van der Waals surface area contributed by atoms with Gasteiger partial charge >= 0.3 is 5.97 Å². The van der Waals surface area contributed by atoms with Crippen molar-refractivity contribution in [2.45, 2.75) is 45.1 Å². The summed E-state index contributed by atoms with van der Waals surface area (Å²) in [4.78, 5) is 10.8. The van der Waals surface area contributed by atoms with Crippen molar-refractivity contribution >= 4 is 5.97 Å². The highest BCUT2D eigenvalue weighted by molar-refractivity contribution is 5.70. The third-order valence-electron chi connectivity index (χ3n) is 3.14. The Hall–Kier alpha value is -1.32. The van der Waals surface area contributed by atoms with Crippen LogP contribution in [0.4, 0.5) is 0 Å². The Balaban J connectivity index is 2.09. The van der Waals surface area contributed by atoms with Crippen LogP contribution in [-0.2, 0) is 16.8 Å². The molecule has 0 bridgehead atoms. The zero-order valence-electron chi connectivity index (χ0n) is 9.81. The monoisotopic (exact) mass is 222 g/mol. The van der Waals surface area contributed by atoms with Gasteiger partial charge in [-0.25, -0.2) is 0 Å². The zero-order chi connectivity index (χ0) is 11.8. The van der Waals surface area contributed by atoms with Gasteiger partial charge < -0.3 is 5.11 Å². The quantitative estimate of drug-likeness (QED) is 0.829. The molecule has 0 amide bonds. The molecule has 1 aromatic rings. The second-order valence-electron chi connectivity index (χ2n) is 5.20. The predicted octanol–water partition coefficient (Wildman–Crippen LogP) is 2.05. The molecule has 1 aliphatic carbocycles. The van der Waals surface area contributed by atoms with Crippen molar-refractivity contribution in [2.24, 2.45) is 5.92 Å². The lowest BCUT2D eigenvalue weighted by molar-refractivity contribution is -0.137. The minimum atomic E-state index is -0.714.